The molecular weight excluding hydrogens is 356 g/mol. The van der Waals surface area contributed by atoms with Crippen LogP contribution in [0.5, 0.6) is 11.5 Å². The van der Waals surface area contributed by atoms with E-state index in [2.05, 4.69) is 5.32 Å². The van der Waals surface area contributed by atoms with Crippen LogP contribution in [0.2, 0.25) is 0 Å². The Labute approximate surface area is 156 Å². The molecule has 1 atom stereocenters. The highest BCUT2D eigenvalue weighted by atomic mass is 16.5. The molecule has 1 unspecified atom stereocenters. The number of hydrogen-bond acceptors (Lipinski definition) is 7. The molecule has 9 nitrogen and oxygen atoms in total. The van der Waals surface area contributed by atoms with Gasteiger partial charge >= 0.3 is 5.97 Å². The van der Waals surface area contributed by atoms with Crippen LogP contribution in [-0.2, 0) is 23.9 Å². The van der Waals surface area contributed by atoms with Gasteiger partial charge < -0.3 is 19.5 Å². The quantitative estimate of drug-likeness (QED) is 0.533. The average molecular weight is 378 g/mol. The summed E-state index contributed by atoms with van der Waals surface area (Å²) in [6.07, 6.45) is -0.916. The van der Waals surface area contributed by atoms with Crippen molar-refractivity contribution < 1.29 is 33.4 Å². The third kappa shape index (κ3) is 5.19. The molecule has 0 spiro atoms. The van der Waals surface area contributed by atoms with E-state index < -0.39 is 18.0 Å². The zero-order valence-electron chi connectivity index (χ0n) is 15.4. The lowest BCUT2D eigenvalue weighted by Gasteiger charge is -2.17. The Morgan fingerprint density at radius 3 is 2.41 bits per heavy atom. The molecule has 1 aliphatic heterocycles. The van der Waals surface area contributed by atoms with Crippen LogP contribution in [0.3, 0.4) is 0 Å². The van der Waals surface area contributed by atoms with E-state index in [0.29, 0.717) is 17.2 Å². The lowest BCUT2D eigenvalue weighted by atomic mass is 10.2. The van der Waals surface area contributed by atoms with Crippen molar-refractivity contribution in [2.24, 2.45) is 0 Å². The van der Waals surface area contributed by atoms with Gasteiger partial charge in [-0.05, 0) is 19.1 Å². The Hall–Kier alpha value is -3.10. The molecule has 2 rings (SSSR count). The number of carbonyl (C=O) groups is 4. The van der Waals surface area contributed by atoms with E-state index in [0.717, 1.165) is 4.90 Å². The number of ether oxygens (including phenoxy) is 3. The molecule has 0 aromatic heterocycles. The highest BCUT2D eigenvalue weighted by Gasteiger charge is 2.29. The van der Waals surface area contributed by atoms with Crippen LogP contribution in [0.25, 0.3) is 0 Å². The first-order chi connectivity index (χ1) is 12.8. The molecule has 0 bridgehead atoms. The minimum absolute atomic E-state index is 0.0471. The van der Waals surface area contributed by atoms with Crippen LogP contribution in [0.4, 0.5) is 5.69 Å². The van der Waals surface area contributed by atoms with Gasteiger partial charge in [0.05, 0.1) is 26.3 Å². The highest BCUT2D eigenvalue weighted by molar-refractivity contribution is 6.02. The first-order valence-corrected chi connectivity index (χ1v) is 8.41. The summed E-state index contributed by atoms with van der Waals surface area (Å²) in [5, 5.41) is 2.61. The van der Waals surface area contributed by atoms with Crippen LogP contribution < -0.4 is 14.8 Å². The molecule has 1 saturated heterocycles. The summed E-state index contributed by atoms with van der Waals surface area (Å²) in [5.41, 5.74) is 0.373. The highest BCUT2D eigenvalue weighted by Crippen LogP contribution is 2.29. The molecule has 0 radical (unpaired) electrons. The maximum Gasteiger partial charge on any atom is 0.308 e. The van der Waals surface area contributed by atoms with Gasteiger partial charge in [-0.25, -0.2) is 0 Å². The predicted molar refractivity (Wildman–Crippen MR) is 94.3 cm³/mol. The molecule has 146 valence electrons. The molecule has 3 amide bonds. The van der Waals surface area contributed by atoms with Crippen molar-refractivity contribution in [3.8, 4) is 11.5 Å². The zero-order valence-corrected chi connectivity index (χ0v) is 15.4. The summed E-state index contributed by atoms with van der Waals surface area (Å²) in [7, 11) is 2.95. The van der Waals surface area contributed by atoms with Crippen LogP contribution >= 0.6 is 0 Å². The van der Waals surface area contributed by atoms with Gasteiger partial charge in [-0.1, -0.05) is 0 Å². The van der Waals surface area contributed by atoms with Crippen LogP contribution in [0.15, 0.2) is 18.2 Å². The molecule has 1 aromatic rings. The lowest BCUT2D eigenvalue weighted by Crippen LogP contribution is -2.34. The largest absolute Gasteiger partial charge is 0.497 e. The molecule has 1 fully saturated rings. The van der Waals surface area contributed by atoms with Crippen LogP contribution in [0, 0.1) is 0 Å². The molecular formula is C18H22N2O7. The second-order valence-electron chi connectivity index (χ2n) is 5.88. The summed E-state index contributed by atoms with van der Waals surface area (Å²) in [4.78, 5) is 48.2. The van der Waals surface area contributed by atoms with Crippen molar-refractivity contribution in [3.63, 3.8) is 0 Å². The van der Waals surface area contributed by atoms with Gasteiger partial charge in [0.25, 0.3) is 5.91 Å². The first kappa shape index (κ1) is 20.2. The number of hydrogen-bond donors (Lipinski definition) is 1. The Morgan fingerprint density at radius 1 is 1.15 bits per heavy atom. The fourth-order valence-corrected chi connectivity index (χ4v) is 2.53. The normalized spacial score (nSPS) is 14.7. The second-order valence-corrected chi connectivity index (χ2v) is 5.88. The fraction of sp³-hybridized carbons (Fsp3) is 0.444. The third-order valence-corrected chi connectivity index (χ3v) is 4.04. The first-order valence-electron chi connectivity index (χ1n) is 8.41. The van der Waals surface area contributed by atoms with E-state index >= 15 is 0 Å². The number of benzene rings is 1. The number of nitrogens with zero attached hydrogens (tertiary/aromatic N) is 1. The Balaban J connectivity index is 1.89. The number of likely N-dealkylation sites (tertiary alicyclic amines) is 1. The van der Waals surface area contributed by atoms with Gasteiger partial charge in [-0.15, -0.1) is 0 Å². The molecule has 1 heterocycles. The molecule has 1 aliphatic rings. The van der Waals surface area contributed by atoms with Crippen molar-refractivity contribution in [2.75, 3.05) is 26.1 Å². The van der Waals surface area contributed by atoms with Crippen molar-refractivity contribution >= 4 is 29.4 Å². The number of nitrogens with one attached hydrogen (secondary N) is 1. The van der Waals surface area contributed by atoms with E-state index in [1.165, 1.54) is 21.1 Å². The van der Waals surface area contributed by atoms with Crippen LogP contribution in [-0.4, -0.2) is 55.5 Å². The lowest BCUT2D eigenvalue weighted by molar-refractivity contribution is -0.154. The molecule has 0 aliphatic carbocycles. The number of esters is 1. The maximum absolute atomic E-state index is 12.3. The van der Waals surface area contributed by atoms with Gasteiger partial charge in [0.1, 0.15) is 11.5 Å². The Bertz CT molecular complexity index is 731. The summed E-state index contributed by atoms with van der Waals surface area (Å²) in [6, 6.07) is 4.89. The minimum Gasteiger partial charge on any atom is -0.497 e. The molecule has 1 aromatic carbocycles. The Kier molecular flexibility index (Phi) is 6.75. The van der Waals surface area contributed by atoms with E-state index in [-0.39, 0.29) is 37.6 Å². The van der Waals surface area contributed by atoms with E-state index in [1.807, 2.05) is 0 Å². The standard InChI is InChI=1S/C18H22N2O7/c1-11(27-17(23)8-9-20-15(21)6-7-16(20)22)18(24)19-13-10-12(25-2)4-5-14(13)26-3/h4-5,10-11H,6-9H2,1-3H3,(H,19,24). The number of amides is 3. The predicted octanol–water partition coefficient (Wildman–Crippen LogP) is 1.11. The molecule has 27 heavy (non-hydrogen) atoms. The summed E-state index contributed by atoms with van der Waals surface area (Å²) in [5.74, 6) is -0.886. The van der Waals surface area contributed by atoms with Gasteiger partial charge in [0.2, 0.25) is 11.8 Å². The number of carbonyl (C=O) groups excluding carboxylic acids is 4. The number of anilines is 1. The van der Waals surface area contributed by atoms with Gasteiger partial charge in [0, 0.05) is 25.5 Å². The molecule has 0 saturated carbocycles. The van der Waals surface area contributed by atoms with E-state index in [9.17, 15) is 19.2 Å². The zero-order chi connectivity index (χ0) is 20.0. The summed E-state index contributed by atoms with van der Waals surface area (Å²) >= 11 is 0. The van der Waals surface area contributed by atoms with Crippen molar-refractivity contribution in [2.45, 2.75) is 32.3 Å². The average Bonchev–Trinajstić information content (AvgIpc) is 2.97. The summed E-state index contributed by atoms with van der Waals surface area (Å²) in [6.45, 7) is 1.38. The third-order valence-electron chi connectivity index (χ3n) is 4.04. The van der Waals surface area contributed by atoms with E-state index in [4.69, 9.17) is 14.2 Å². The maximum atomic E-state index is 12.3. The fourth-order valence-electron chi connectivity index (χ4n) is 2.53. The number of methoxy groups -OCH3 is 2. The van der Waals surface area contributed by atoms with Crippen LogP contribution in [0.1, 0.15) is 26.2 Å². The number of rotatable bonds is 8. The second kappa shape index (κ2) is 9.02. The SMILES string of the molecule is COc1ccc(OC)c(NC(=O)C(C)OC(=O)CCN2C(=O)CCC2=O)c1. The topological polar surface area (TPSA) is 111 Å². The van der Waals surface area contributed by atoms with Gasteiger partial charge in [0.15, 0.2) is 6.10 Å². The smallest absolute Gasteiger partial charge is 0.308 e. The number of imide groups is 1. The van der Waals surface area contributed by atoms with Crippen molar-refractivity contribution in [3.05, 3.63) is 18.2 Å². The Morgan fingerprint density at radius 2 is 1.81 bits per heavy atom. The van der Waals surface area contributed by atoms with Crippen molar-refractivity contribution in [1.29, 1.82) is 0 Å². The van der Waals surface area contributed by atoms with Crippen molar-refractivity contribution in [1.82, 2.24) is 4.90 Å². The molecule has 9 heteroatoms. The minimum atomic E-state index is -1.07. The summed E-state index contributed by atoms with van der Waals surface area (Å²) < 4.78 is 15.4. The monoisotopic (exact) mass is 378 g/mol. The van der Waals surface area contributed by atoms with Gasteiger partial charge in [-0.2, -0.15) is 0 Å². The molecule has 1 N–H and O–H groups in total. The van der Waals surface area contributed by atoms with E-state index in [1.54, 1.807) is 18.2 Å². The van der Waals surface area contributed by atoms with Gasteiger partial charge in [-0.3, -0.25) is 24.1 Å².